The number of hydrogen-bond donors (Lipinski definition) is 0. The minimum atomic E-state index is 0.407. The number of pyridine rings is 1. The number of aromatic nitrogens is 3. The Bertz CT molecular complexity index is 596. The van der Waals surface area contributed by atoms with Gasteiger partial charge in [0, 0.05) is 18.9 Å². The quantitative estimate of drug-likeness (QED) is 0.476. The summed E-state index contributed by atoms with van der Waals surface area (Å²) in [5.74, 6) is 6.40. The number of nitrogens with zero attached hydrogens (tertiary/aromatic N) is 3. The van der Waals surface area contributed by atoms with Crippen LogP contribution in [0.2, 0.25) is 0 Å². The van der Waals surface area contributed by atoms with Gasteiger partial charge in [-0.3, -0.25) is 0 Å². The lowest BCUT2D eigenvalue weighted by Crippen LogP contribution is -2.26. The van der Waals surface area contributed by atoms with Gasteiger partial charge in [-0.1, -0.05) is 12.8 Å². The van der Waals surface area contributed by atoms with Gasteiger partial charge in [0.2, 0.25) is 0 Å². The first-order valence-corrected chi connectivity index (χ1v) is 6.18. The molecule has 0 aliphatic carbocycles. The monoisotopic (exact) mass is 258 g/mol. The Morgan fingerprint density at radius 1 is 1.37 bits per heavy atom. The minimum Gasteiger partial charge on any atom is -0.473 e. The summed E-state index contributed by atoms with van der Waals surface area (Å²) in [5.41, 5.74) is 1.51. The number of hydrogen-bond acceptors (Lipinski definition) is 4. The van der Waals surface area contributed by atoms with E-state index in [9.17, 15) is 0 Å². The van der Waals surface area contributed by atoms with Gasteiger partial charge in [0.05, 0.1) is 5.56 Å². The second kappa shape index (κ2) is 6.55. The SMILES string of the molecule is CCC#CCCOc1nonc1-c1ccc[n+](C)c1. The van der Waals surface area contributed by atoms with Gasteiger partial charge < -0.3 is 4.74 Å². The summed E-state index contributed by atoms with van der Waals surface area (Å²) in [6.07, 6.45) is 5.40. The minimum absolute atomic E-state index is 0.407. The van der Waals surface area contributed by atoms with Crippen LogP contribution in [0, 0.1) is 11.8 Å². The first-order valence-electron chi connectivity index (χ1n) is 6.18. The summed E-state index contributed by atoms with van der Waals surface area (Å²) in [7, 11) is 1.94. The maximum atomic E-state index is 5.54. The van der Waals surface area contributed by atoms with Crippen LogP contribution in [0.1, 0.15) is 19.8 Å². The van der Waals surface area contributed by atoms with Crippen molar-refractivity contribution in [3.8, 4) is 29.0 Å². The predicted molar refractivity (Wildman–Crippen MR) is 69.1 cm³/mol. The highest BCUT2D eigenvalue weighted by atomic mass is 16.6. The van der Waals surface area contributed by atoms with Crippen LogP contribution in [-0.4, -0.2) is 16.9 Å². The van der Waals surface area contributed by atoms with Crippen LogP contribution < -0.4 is 9.30 Å². The predicted octanol–water partition coefficient (Wildman–Crippen LogP) is 1.74. The molecule has 0 aliphatic rings. The van der Waals surface area contributed by atoms with E-state index in [2.05, 4.69) is 22.2 Å². The van der Waals surface area contributed by atoms with E-state index in [4.69, 9.17) is 9.37 Å². The van der Waals surface area contributed by atoms with E-state index < -0.39 is 0 Å². The molecule has 5 heteroatoms. The zero-order chi connectivity index (χ0) is 13.5. The molecule has 5 nitrogen and oxygen atoms in total. The molecule has 0 fully saturated rings. The Labute approximate surface area is 112 Å². The molecule has 2 aromatic heterocycles. The van der Waals surface area contributed by atoms with Crippen molar-refractivity contribution in [1.82, 2.24) is 10.3 Å². The van der Waals surface area contributed by atoms with Gasteiger partial charge in [0.15, 0.2) is 18.1 Å². The molecule has 0 radical (unpaired) electrons. The molecule has 0 atom stereocenters. The molecule has 0 saturated heterocycles. The summed E-state index contributed by atoms with van der Waals surface area (Å²) in [6.45, 7) is 2.50. The number of ether oxygens (including phenoxy) is 1. The summed E-state index contributed by atoms with van der Waals surface area (Å²) in [6, 6.07) is 3.86. The highest BCUT2D eigenvalue weighted by Gasteiger charge is 2.15. The van der Waals surface area contributed by atoms with E-state index in [0.717, 1.165) is 12.0 Å². The average Bonchev–Trinajstić information content (AvgIpc) is 2.87. The average molecular weight is 258 g/mol. The molecule has 0 spiro atoms. The van der Waals surface area contributed by atoms with E-state index in [1.807, 2.05) is 43.1 Å². The number of aryl methyl sites for hydroxylation is 1. The highest BCUT2D eigenvalue weighted by Crippen LogP contribution is 2.24. The van der Waals surface area contributed by atoms with Crippen molar-refractivity contribution >= 4 is 0 Å². The third-order valence-corrected chi connectivity index (χ3v) is 2.44. The fourth-order valence-corrected chi connectivity index (χ4v) is 1.59. The van der Waals surface area contributed by atoms with E-state index in [1.165, 1.54) is 0 Å². The van der Waals surface area contributed by atoms with E-state index in [1.54, 1.807) is 0 Å². The van der Waals surface area contributed by atoms with Gasteiger partial charge in [0.25, 0.3) is 5.88 Å². The summed E-state index contributed by atoms with van der Waals surface area (Å²) < 4.78 is 12.2. The van der Waals surface area contributed by atoms with Crippen molar-refractivity contribution in [2.45, 2.75) is 19.8 Å². The van der Waals surface area contributed by atoms with E-state index in [0.29, 0.717) is 24.6 Å². The van der Waals surface area contributed by atoms with Crippen molar-refractivity contribution in [1.29, 1.82) is 0 Å². The lowest BCUT2D eigenvalue weighted by Gasteiger charge is -2.00. The lowest BCUT2D eigenvalue weighted by molar-refractivity contribution is -0.671. The van der Waals surface area contributed by atoms with Crippen LogP contribution in [0.4, 0.5) is 0 Å². The molecule has 0 amide bonds. The van der Waals surface area contributed by atoms with Crippen LogP contribution in [0.3, 0.4) is 0 Å². The van der Waals surface area contributed by atoms with Crippen molar-refractivity contribution in [2.24, 2.45) is 7.05 Å². The second-order valence-corrected chi connectivity index (χ2v) is 3.98. The molecular formula is C14H16N3O2+. The van der Waals surface area contributed by atoms with Gasteiger partial charge in [-0.05, 0) is 16.4 Å². The van der Waals surface area contributed by atoms with Crippen LogP contribution in [0.25, 0.3) is 11.3 Å². The maximum Gasteiger partial charge on any atom is 0.284 e. The fraction of sp³-hybridized carbons (Fsp3) is 0.357. The van der Waals surface area contributed by atoms with Gasteiger partial charge >= 0.3 is 0 Å². The fourth-order valence-electron chi connectivity index (χ4n) is 1.59. The zero-order valence-electron chi connectivity index (χ0n) is 11.1. The second-order valence-electron chi connectivity index (χ2n) is 3.98. The normalized spacial score (nSPS) is 9.79. The van der Waals surface area contributed by atoms with Crippen LogP contribution in [-0.2, 0) is 7.05 Å². The van der Waals surface area contributed by atoms with Crippen molar-refractivity contribution in [3.05, 3.63) is 24.5 Å². The lowest BCUT2D eigenvalue weighted by atomic mass is 10.2. The van der Waals surface area contributed by atoms with E-state index in [-0.39, 0.29) is 0 Å². The highest BCUT2D eigenvalue weighted by molar-refractivity contribution is 5.61. The Kier molecular flexibility index (Phi) is 4.51. The number of rotatable bonds is 4. The Morgan fingerprint density at radius 3 is 3.05 bits per heavy atom. The third-order valence-electron chi connectivity index (χ3n) is 2.44. The third kappa shape index (κ3) is 3.55. The van der Waals surface area contributed by atoms with Crippen LogP contribution in [0.15, 0.2) is 29.2 Å². The van der Waals surface area contributed by atoms with Gasteiger partial charge in [-0.15, -0.1) is 5.92 Å². The van der Waals surface area contributed by atoms with Gasteiger partial charge in [-0.25, -0.2) is 9.20 Å². The molecule has 0 aromatic carbocycles. The van der Waals surface area contributed by atoms with Crippen molar-refractivity contribution < 1.29 is 13.9 Å². The molecule has 2 rings (SSSR count). The van der Waals surface area contributed by atoms with E-state index >= 15 is 0 Å². The molecule has 0 aliphatic heterocycles. The Morgan fingerprint density at radius 2 is 2.26 bits per heavy atom. The smallest absolute Gasteiger partial charge is 0.284 e. The van der Waals surface area contributed by atoms with Crippen molar-refractivity contribution in [3.63, 3.8) is 0 Å². The summed E-state index contributed by atoms with van der Waals surface area (Å²) >= 11 is 0. The van der Waals surface area contributed by atoms with Crippen molar-refractivity contribution in [2.75, 3.05) is 6.61 Å². The Balaban J connectivity index is 2.05. The topological polar surface area (TPSA) is 52.0 Å². The maximum absolute atomic E-state index is 5.54. The molecule has 0 unspecified atom stereocenters. The molecule has 2 aromatic rings. The van der Waals surface area contributed by atoms with Crippen LogP contribution in [0.5, 0.6) is 5.88 Å². The standard InChI is InChI=1S/C14H16N3O2/c1-3-4-5-6-10-18-14-13(15-19-16-14)12-8-7-9-17(2)11-12/h7-9,11H,3,6,10H2,1-2H3/q+1. The molecule has 0 bridgehead atoms. The van der Waals surface area contributed by atoms with Crippen LogP contribution >= 0.6 is 0 Å². The molecule has 19 heavy (non-hydrogen) atoms. The largest absolute Gasteiger partial charge is 0.473 e. The Hall–Kier alpha value is -2.35. The summed E-state index contributed by atoms with van der Waals surface area (Å²) in [4.78, 5) is 0. The van der Waals surface area contributed by atoms with Gasteiger partial charge in [-0.2, -0.15) is 0 Å². The first kappa shape index (κ1) is 13.1. The van der Waals surface area contributed by atoms with Gasteiger partial charge in [0.1, 0.15) is 13.7 Å². The summed E-state index contributed by atoms with van der Waals surface area (Å²) in [5, 5.41) is 7.66. The molecule has 0 saturated carbocycles. The molecule has 0 N–H and O–H groups in total. The first-order chi connectivity index (χ1) is 9.31. The zero-order valence-corrected chi connectivity index (χ0v) is 11.1. The molecule has 2 heterocycles. The molecular weight excluding hydrogens is 242 g/mol. The molecule has 98 valence electrons.